The van der Waals surface area contributed by atoms with Crippen LogP contribution in [0.25, 0.3) is 11.0 Å². The lowest BCUT2D eigenvalue weighted by Crippen LogP contribution is -2.44. The maximum Gasteiger partial charge on any atom is 0.252 e. The van der Waals surface area contributed by atoms with Crippen molar-refractivity contribution in [2.75, 3.05) is 50.6 Å². The van der Waals surface area contributed by atoms with Crippen LogP contribution in [-0.2, 0) is 0 Å². The molecule has 0 atom stereocenters. The number of nitrogens with one attached hydrogen (secondary N) is 1. The Kier molecular flexibility index (Phi) is 5.93. The maximum absolute atomic E-state index is 12.9. The van der Waals surface area contributed by atoms with Crippen LogP contribution in [0.2, 0.25) is 0 Å². The number of benzene rings is 1. The topological polar surface area (TPSA) is 75.5 Å². The van der Waals surface area contributed by atoms with E-state index in [1.54, 1.807) is 13.2 Å². The fraction of sp³-hybridized carbons (Fsp3) is 0.480. The minimum atomic E-state index is 0.0191. The molecule has 0 spiro atoms. The third-order valence-electron chi connectivity index (χ3n) is 6.99. The van der Waals surface area contributed by atoms with E-state index < -0.39 is 0 Å². The molecular weight excluding hydrogens is 416 g/mol. The number of hydrogen-bond donors (Lipinski definition) is 1. The summed E-state index contributed by atoms with van der Waals surface area (Å²) < 4.78 is 7.56. The van der Waals surface area contributed by atoms with Gasteiger partial charge in [-0.2, -0.15) is 4.98 Å². The number of nitrogens with zero attached hydrogens (tertiary/aromatic N) is 5. The van der Waals surface area contributed by atoms with Gasteiger partial charge >= 0.3 is 0 Å². The van der Waals surface area contributed by atoms with Gasteiger partial charge in [-0.3, -0.25) is 9.36 Å². The Balaban J connectivity index is 1.47. The number of hydrogen-bond acceptors (Lipinski definition) is 7. The highest BCUT2D eigenvalue weighted by Gasteiger charge is 2.22. The average Bonchev–Trinajstić information content (AvgIpc) is 3.34. The molecule has 174 valence electrons. The second kappa shape index (κ2) is 9.02. The van der Waals surface area contributed by atoms with Gasteiger partial charge in [0.25, 0.3) is 5.56 Å². The number of piperazine rings is 1. The number of likely N-dealkylation sites (N-methyl/N-ethyl adjacent to an activating group) is 1. The van der Waals surface area contributed by atoms with Gasteiger partial charge in [-0.25, -0.2) is 4.98 Å². The minimum absolute atomic E-state index is 0.0191. The predicted molar refractivity (Wildman–Crippen MR) is 132 cm³/mol. The molecule has 2 aromatic heterocycles. The van der Waals surface area contributed by atoms with Crippen molar-refractivity contribution in [3.63, 3.8) is 0 Å². The number of rotatable bonds is 5. The summed E-state index contributed by atoms with van der Waals surface area (Å²) in [6, 6.07) is 8.10. The second-order valence-electron chi connectivity index (χ2n) is 9.20. The van der Waals surface area contributed by atoms with E-state index in [9.17, 15) is 4.79 Å². The van der Waals surface area contributed by atoms with Crippen molar-refractivity contribution < 1.29 is 4.74 Å². The molecule has 3 aromatic rings. The van der Waals surface area contributed by atoms with Crippen LogP contribution in [0, 0.1) is 6.92 Å². The van der Waals surface area contributed by atoms with Crippen LogP contribution in [0.3, 0.4) is 0 Å². The lowest BCUT2D eigenvalue weighted by Gasteiger charge is -2.34. The molecule has 8 nitrogen and oxygen atoms in total. The normalized spacial score (nSPS) is 17.6. The van der Waals surface area contributed by atoms with Crippen molar-refractivity contribution in [3.8, 4) is 5.75 Å². The molecule has 0 amide bonds. The largest absolute Gasteiger partial charge is 0.494 e. The van der Waals surface area contributed by atoms with Crippen molar-refractivity contribution in [1.82, 2.24) is 19.4 Å². The van der Waals surface area contributed by atoms with E-state index in [0.717, 1.165) is 79.9 Å². The zero-order valence-electron chi connectivity index (χ0n) is 19.7. The Morgan fingerprint density at radius 1 is 1.09 bits per heavy atom. The van der Waals surface area contributed by atoms with E-state index in [1.807, 2.05) is 23.8 Å². The van der Waals surface area contributed by atoms with Crippen LogP contribution < -0.4 is 20.5 Å². The molecule has 33 heavy (non-hydrogen) atoms. The number of fused-ring (bicyclic) bond motifs is 1. The van der Waals surface area contributed by atoms with E-state index in [1.165, 1.54) is 0 Å². The van der Waals surface area contributed by atoms with Gasteiger partial charge in [0, 0.05) is 61.6 Å². The molecule has 3 heterocycles. The Labute approximate surface area is 194 Å². The summed E-state index contributed by atoms with van der Waals surface area (Å²) in [5.74, 6) is 1.21. The van der Waals surface area contributed by atoms with Crippen LogP contribution in [-0.4, -0.2) is 59.8 Å². The summed E-state index contributed by atoms with van der Waals surface area (Å²) in [4.78, 5) is 26.9. The average molecular weight is 449 g/mol. The molecule has 8 heteroatoms. The first-order chi connectivity index (χ1) is 16.0. The lowest BCUT2D eigenvalue weighted by molar-refractivity contribution is 0.312. The van der Waals surface area contributed by atoms with Crippen molar-refractivity contribution >= 4 is 28.4 Å². The Hall–Kier alpha value is -3.13. The third-order valence-corrected chi connectivity index (χ3v) is 6.99. The van der Waals surface area contributed by atoms with Crippen LogP contribution in [0.5, 0.6) is 5.75 Å². The van der Waals surface area contributed by atoms with E-state index in [2.05, 4.69) is 39.3 Å². The van der Waals surface area contributed by atoms with Gasteiger partial charge in [-0.15, -0.1) is 0 Å². The Morgan fingerprint density at radius 3 is 2.58 bits per heavy atom. The number of methoxy groups -OCH3 is 1. The fourth-order valence-electron chi connectivity index (χ4n) is 5.01. The van der Waals surface area contributed by atoms with Crippen molar-refractivity contribution in [2.24, 2.45) is 0 Å². The van der Waals surface area contributed by atoms with E-state index >= 15 is 0 Å². The second-order valence-corrected chi connectivity index (χ2v) is 9.20. The lowest BCUT2D eigenvalue weighted by atomic mass is 10.1. The molecule has 0 bridgehead atoms. The summed E-state index contributed by atoms with van der Waals surface area (Å²) >= 11 is 0. The molecule has 1 aromatic carbocycles. The quantitative estimate of drug-likeness (QED) is 0.638. The maximum atomic E-state index is 12.9. The highest BCUT2D eigenvalue weighted by Crippen LogP contribution is 2.33. The number of aromatic nitrogens is 3. The first-order valence-electron chi connectivity index (χ1n) is 11.8. The molecule has 0 radical (unpaired) electrons. The molecule has 1 aliphatic carbocycles. The van der Waals surface area contributed by atoms with Crippen LogP contribution >= 0.6 is 0 Å². The van der Waals surface area contributed by atoms with Crippen LogP contribution in [0.1, 0.15) is 37.3 Å². The first-order valence-corrected chi connectivity index (χ1v) is 11.8. The molecule has 1 N–H and O–H groups in total. The summed E-state index contributed by atoms with van der Waals surface area (Å²) in [7, 11) is 3.83. The molecule has 1 saturated heterocycles. The van der Waals surface area contributed by atoms with Gasteiger partial charge in [0.05, 0.1) is 12.8 Å². The Bertz CT molecular complexity index is 1210. The number of pyridine rings is 1. The summed E-state index contributed by atoms with van der Waals surface area (Å²) in [6.45, 7) is 6.04. The molecule has 1 aliphatic heterocycles. The highest BCUT2D eigenvalue weighted by atomic mass is 16.5. The number of ether oxygens (including phenoxy) is 1. The van der Waals surface area contributed by atoms with Gasteiger partial charge in [-0.1, -0.05) is 12.8 Å². The summed E-state index contributed by atoms with van der Waals surface area (Å²) in [5.41, 5.74) is 3.58. The van der Waals surface area contributed by atoms with Crippen LogP contribution in [0.4, 0.5) is 17.3 Å². The van der Waals surface area contributed by atoms with Gasteiger partial charge < -0.3 is 19.9 Å². The minimum Gasteiger partial charge on any atom is -0.494 e. The zero-order chi connectivity index (χ0) is 22.9. The monoisotopic (exact) mass is 448 g/mol. The summed E-state index contributed by atoms with van der Waals surface area (Å²) in [5, 5.41) is 4.24. The Morgan fingerprint density at radius 2 is 1.85 bits per heavy atom. The van der Waals surface area contributed by atoms with Crippen LogP contribution in [0.15, 0.2) is 35.3 Å². The van der Waals surface area contributed by atoms with Gasteiger partial charge in [0.2, 0.25) is 5.95 Å². The van der Waals surface area contributed by atoms with Crippen molar-refractivity contribution in [3.05, 3.63) is 46.4 Å². The van der Waals surface area contributed by atoms with Gasteiger partial charge in [-0.05, 0) is 44.5 Å². The SMILES string of the molecule is COc1cc(N2CCN(C)CC2)ccc1Nc1ncc2c(C)cc(=O)n(C3CCCC3)c2n1. The molecular formula is C25H32N6O2. The first kappa shape index (κ1) is 21.7. The van der Waals surface area contributed by atoms with E-state index in [-0.39, 0.29) is 11.6 Å². The number of aryl methyl sites for hydroxylation is 1. The van der Waals surface area contributed by atoms with Gasteiger partial charge in [0.15, 0.2) is 0 Å². The third kappa shape index (κ3) is 4.27. The highest BCUT2D eigenvalue weighted by molar-refractivity contribution is 5.80. The van der Waals surface area contributed by atoms with E-state index in [0.29, 0.717) is 11.6 Å². The molecule has 5 rings (SSSR count). The predicted octanol–water partition coefficient (Wildman–Crippen LogP) is 3.72. The molecule has 2 fully saturated rings. The zero-order valence-corrected chi connectivity index (χ0v) is 19.7. The van der Waals surface area contributed by atoms with Crippen molar-refractivity contribution in [1.29, 1.82) is 0 Å². The standard InChI is InChI=1S/C25H32N6O2/c1-17-14-23(32)31(18-6-4-5-7-18)24-20(17)16-26-25(28-24)27-21-9-8-19(15-22(21)33-3)30-12-10-29(2)11-13-30/h8-9,14-16,18H,4-7,10-13H2,1-3H3,(H,26,27,28). The molecule has 0 unspecified atom stereocenters. The van der Waals surface area contributed by atoms with Gasteiger partial charge in [0.1, 0.15) is 11.4 Å². The molecule has 2 aliphatic rings. The molecule has 1 saturated carbocycles. The fourth-order valence-corrected chi connectivity index (χ4v) is 5.01. The number of anilines is 3. The van der Waals surface area contributed by atoms with Crippen molar-refractivity contribution in [2.45, 2.75) is 38.6 Å². The summed E-state index contributed by atoms with van der Waals surface area (Å²) in [6.07, 6.45) is 6.16. The van der Waals surface area contributed by atoms with E-state index in [4.69, 9.17) is 9.72 Å². The smallest absolute Gasteiger partial charge is 0.252 e.